The second-order valence-electron chi connectivity index (χ2n) is 4.75. The molecular weight excluding hydrogens is 379 g/mol. The van der Waals surface area contributed by atoms with E-state index in [2.05, 4.69) is 5.32 Å². The van der Waals surface area contributed by atoms with Crippen molar-refractivity contribution in [2.75, 3.05) is 5.32 Å². The lowest BCUT2D eigenvalue weighted by Crippen LogP contribution is -2.30. The van der Waals surface area contributed by atoms with Gasteiger partial charge in [-0.05, 0) is 37.3 Å². The zero-order chi connectivity index (χ0) is 17.9. The van der Waals surface area contributed by atoms with Gasteiger partial charge in [0.25, 0.3) is 11.6 Å². The van der Waals surface area contributed by atoms with Crippen LogP contribution in [-0.4, -0.2) is 16.9 Å². The van der Waals surface area contributed by atoms with Crippen LogP contribution >= 0.6 is 34.8 Å². The zero-order valence-electron chi connectivity index (χ0n) is 12.3. The number of halogens is 3. The zero-order valence-corrected chi connectivity index (χ0v) is 14.5. The van der Waals surface area contributed by atoms with E-state index in [-0.39, 0.29) is 21.4 Å². The molecule has 126 valence electrons. The third-order valence-electron chi connectivity index (χ3n) is 2.98. The highest BCUT2D eigenvalue weighted by Crippen LogP contribution is 2.29. The van der Waals surface area contributed by atoms with Crippen LogP contribution in [-0.2, 0) is 4.79 Å². The van der Waals surface area contributed by atoms with E-state index in [1.807, 2.05) is 0 Å². The monoisotopic (exact) mass is 388 g/mol. The summed E-state index contributed by atoms with van der Waals surface area (Å²) in [4.78, 5) is 22.4. The molecule has 0 fully saturated rings. The smallest absolute Gasteiger partial charge is 0.289 e. The molecule has 0 bridgehead atoms. The Morgan fingerprint density at radius 1 is 1.17 bits per heavy atom. The van der Waals surface area contributed by atoms with Crippen LogP contribution in [0.2, 0.25) is 15.1 Å². The molecule has 2 aromatic carbocycles. The van der Waals surface area contributed by atoms with Gasteiger partial charge in [-0.2, -0.15) is 0 Å². The summed E-state index contributed by atoms with van der Waals surface area (Å²) in [5, 5.41) is 14.1. The van der Waals surface area contributed by atoms with E-state index in [1.54, 1.807) is 12.1 Å². The van der Waals surface area contributed by atoms with Crippen molar-refractivity contribution >= 4 is 52.1 Å². The van der Waals surface area contributed by atoms with E-state index in [0.717, 1.165) is 0 Å². The minimum absolute atomic E-state index is 0.0183. The quantitative estimate of drug-likeness (QED) is 0.579. The Bertz CT molecular complexity index is 798. The molecule has 2 rings (SSSR count). The summed E-state index contributed by atoms with van der Waals surface area (Å²) in [7, 11) is 0. The summed E-state index contributed by atoms with van der Waals surface area (Å²) in [5.41, 5.74) is -0.0717. The number of benzene rings is 2. The third-order valence-corrected chi connectivity index (χ3v) is 3.83. The number of nitro benzene ring substituents is 1. The molecule has 2 aromatic rings. The van der Waals surface area contributed by atoms with Gasteiger partial charge in [-0.3, -0.25) is 14.9 Å². The molecule has 1 amide bonds. The summed E-state index contributed by atoms with van der Waals surface area (Å²) in [5.74, 6) is -0.205. The first-order chi connectivity index (χ1) is 11.3. The summed E-state index contributed by atoms with van der Waals surface area (Å²) in [6, 6.07) is 8.57. The van der Waals surface area contributed by atoms with E-state index in [1.165, 1.54) is 31.2 Å². The Hall–Kier alpha value is -2.02. The SMILES string of the molecule is CC(Oc1ccc(Cl)cc1Cl)C(=O)Nc1ccc(Cl)c([N+](=O)[O-])c1. The Labute approximate surface area is 152 Å². The minimum Gasteiger partial charge on any atom is -0.479 e. The van der Waals surface area contributed by atoms with Crippen LogP contribution in [0.1, 0.15) is 6.92 Å². The maximum absolute atomic E-state index is 12.2. The number of rotatable bonds is 5. The molecule has 9 heteroatoms. The molecule has 0 aliphatic carbocycles. The number of hydrogen-bond acceptors (Lipinski definition) is 4. The molecule has 0 saturated carbocycles. The van der Waals surface area contributed by atoms with E-state index in [4.69, 9.17) is 39.5 Å². The fourth-order valence-electron chi connectivity index (χ4n) is 1.79. The minimum atomic E-state index is -0.890. The molecule has 1 atom stereocenters. The molecule has 0 heterocycles. The van der Waals surface area contributed by atoms with Crippen molar-refractivity contribution in [2.45, 2.75) is 13.0 Å². The average Bonchev–Trinajstić information content (AvgIpc) is 2.51. The number of carbonyl (C=O) groups is 1. The molecule has 1 N–H and O–H groups in total. The highest BCUT2D eigenvalue weighted by Gasteiger charge is 2.19. The maximum Gasteiger partial charge on any atom is 0.289 e. The number of hydrogen-bond donors (Lipinski definition) is 1. The first-order valence-corrected chi connectivity index (χ1v) is 7.78. The molecule has 6 nitrogen and oxygen atoms in total. The van der Waals surface area contributed by atoms with Crippen molar-refractivity contribution in [3.05, 3.63) is 61.6 Å². The maximum atomic E-state index is 12.2. The molecule has 0 radical (unpaired) electrons. The molecule has 0 saturated heterocycles. The van der Waals surface area contributed by atoms with Crippen molar-refractivity contribution in [1.29, 1.82) is 0 Å². The summed E-state index contributed by atoms with van der Waals surface area (Å²) >= 11 is 17.5. The predicted octanol–water partition coefficient (Wildman–Crippen LogP) is 4.96. The van der Waals surface area contributed by atoms with Crippen LogP contribution in [0.25, 0.3) is 0 Å². The van der Waals surface area contributed by atoms with E-state index >= 15 is 0 Å². The normalized spacial score (nSPS) is 11.7. The number of nitrogens with one attached hydrogen (secondary N) is 1. The van der Waals surface area contributed by atoms with Crippen molar-refractivity contribution in [1.82, 2.24) is 0 Å². The number of amides is 1. The van der Waals surface area contributed by atoms with Gasteiger partial charge in [-0.15, -0.1) is 0 Å². The van der Waals surface area contributed by atoms with Gasteiger partial charge >= 0.3 is 0 Å². The molecular formula is C15H11Cl3N2O4. The average molecular weight is 390 g/mol. The highest BCUT2D eigenvalue weighted by atomic mass is 35.5. The van der Waals surface area contributed by atoms with Crippen molar-refractivity contribution in [3.8, 4) is 5.75 Å². The van der Waals surface area contributed by atoms with Gasteiger partial charge in [0.1, 0.15) is 10.8 Å². The number of nitro groups is 1. The molecule has 0 spiro atoms. The standard InChI is InChI=1S/C15H11Cl3N2O4/c1-8(24-14-5-2-9(16)6-12(14)18)15(21)19-10-3-4-11(17)13(7-10)20(22)23/h2-8H,1H3,(H,19,21). The van der Waals surface area contributed by atoms with Gasteiger partial charge in [-0.25, -0.2) is 0 Å². The Morgan fingerprint density at radius 2 is 1.88 bits per heavy atom. The van der Waals surface area contributed by atoms with E-state index in [9.17, 15) is 14.9 Å². The van der Waals surface area contributed by atoms with E-state index < -0.39 is 16.9 Å². The van der Waals surface area contributed by atoms with Crippen LogP contribution in [0, 0.1) is 10.1 Å². The lowest BCUT2D eigenvalue weighted by atomic mass is 10.2. The van der Waals surface area contributed by atoms with Crippen molar-refractivity contribution < 1.29 is 14.5 Å². The van der Waals surface area contributed by atoms with Gasteiger partial charge in [0, 0.05) is 16.8 Å². The fourth-order valence-corrected chi connectivity index (χ4v) is 2.43. The van der Waals surface area contributed by atoms with Crippen LogP contribution in [0.4, 0.5) is 11.4 Å². The second-order valence-corrected chi connectivity index (χ2v) is 6.00. The van der Waals surface area contributed by atoms with Crippen molar-refractivity contribution in [2.24, 2.45) is 0 Å². The predicted molar refractivity (Wildman–Crippen MR) is 93.3 cm³/mol. The van der Waals surface area contributed by atoms with Gasteiger partial charge in [0.05, 0.1) is 9.95 Å². The topological polar surface area (TPSA) is 81.5 Å². The van der Waals surface area contributed by atoms with Crippen molar-refractivity contribution in [3.63, 3.8) is 0 Å². The Balaban J connectivity index is 2.09. The second kappa shape index (κ2) is 7.70. The van der Waals surface area contributed by atoms with Gasteiger partial charge < -0.3 is 10.1 Å². The number of ether oxygens (including phenoxy) is 1. The lowest BCUT2D eigenvalue weighted by Gasteiger charge is -2.15. The van der Waals surface area contributed by atoms with Gasteiger partial charge in [0.15, 0.2) is 6.10 Å². The largest absolute Gasteiger partial charge is 0.479 e. The Morgan fingerprint density at radius 3 is 2.50 bits per heavy atom. The highest BCUT2D eigenvalue weighted by molar-refractivity contribution is 6.35. The third kappa shape index (κ3) is 4.50. The molecule has 0 aliphatic rings. The summed E-state index contributed by atoms with van der Waals surface area (Å²) in [6.45, 7) is 1.52. The number of anilines is 1. The fraction of sp³-hybridized carbons (Fsp3) is 0.133. The molecule has 24 heavy (non-hydrogen) atoms. The van der Waals surface area contributed by atoms with Crippen LogP contribution < -0.4 is 10.1 Å². The molecule has 0 aliphatic heterocycles. The van der Waals surface area contributed by atoms with Crippen LogP contribution in [0.15, 0.2) is 36.4 Å². The number of nitrogens with zero attached hydrogens (tertiary/aromatic N) is 1. The summed E-state index contributed by atoms with van der Waals surface area (Å²) < 4.78 is 5.47. The van der Waals surface area contributed by atoms with E-state index in [0.29, 0.717) is 10.8 Å². The summed E-state index contributed by atoms with van der Waals surface area (Å²) in [6.07, 6.45) is -0.890. The first kappa shape index (κ1) is 18.3. The first-order valence-electron chi connectivity index (χ1n) is 6.64. The van der Waals surface area contributed by atoms with Gasteiger partial charge in [0.2, 0.25) is 0 Å². The Kier molecular flexibility index (Phi) is 5.88. The molecule has 1 unspecified atom stereocenters. The van der Waals surface area contributed by atoms with Crippen LogP contribution in [0.5, 0.6) is 5.75 Å². The number of carbonyl (C=O) groups excluding carboxylic acids is 1. The lowest BCUT2D eigenvalue weighted by molar-refractivity contribution is -0.384. The van der Waals surface area contributed by atoms with Gasteiger partial charge in [-0.1, -0.05) is 34.8 Å². The van der Waals surface area contributed by atoms with Crippen LogP contribution in [0.3, 0.4) is 0 Å². The molecule has 0 aromatic heterocycles.